The van der Waals surface area contributed by atoms with E-state index >= 15 is 0 Å². The van der Waals surface area contributed by atoms with Gasteiger partial charge in [-0.3, -0.25) is 25.0 Å². The maximum absolute atomic E-state index is 11.8. The highest BCUT2D eigenvalue weighted by Crippen LogP contribution is 2.25. The SMILES string of the molecule is O=C1C=CC(=NOC(=O)c2ccc([N+](=O)[O-])cc2[N+](=O)[O-])C=C1. The lowest BCUT2D eigenvalue weighted by Gasteiger charge is -2.02. The van der Waals surface area contributed by atoms with E-state index in [2.05, 4.69) is 9.99 Å². The van der Waals surface area contributed by atoms with Crippen molar-refractivity contribution in [1.82, 2.24) is 0 Å². The van der Waals surface area contributed by atoms with Crippen molar-refractivity contribution in [3.8, 4) is 0 Å². The highest BCUT2D eigenvalue weighted by atomic mass is 16.7. The van der Waals surface area contributed by atoms with E-state index < -0.39 is 32.8 Å². The van der Waals surface area contributed by atoms with E-state index in [1.807, 2.05) is 0 Å². The Bertz CT molecular complexity index is 790. The second-order valence-electron chi connectivity index (χ2n) is 4.18. The summed E-state index contributed by atoms with van der Waals surface area (Å²) < 4.78 is 0. The number of ketones is 1. The molecule has 0 N–H and O–H groups in total. The molecule has 0 atom stereocenters. The van der Waals surface area contributed by atoms with Crippen LogP contribution >= 0.6 is 0 Å². The van der Waals surface area contributed by atoms with Gasteiger partial charge in [0.1, 0.15) is 11.3 Å². The molecule has 0 fully saturated rings. The number of nitro groups is 2. The molecule has 10 nitrogen and oxygen atoms in total. The molecule has 0 saturated heterocycles. The number of hydrogen-bond acceptors (Lipinski definition) is 8. The highest BCUT2D eigenvalue weighted by molar-refractivity contribution is 6.16. The first-order valence-electron chi connectivity index (χ1n) is 6.01. The number of non-ortho nitro benzene ring substituents is 1. The lowest BCUT2D eigenvalue weighted by Crippen LogP contribution is -2.08. The van der Waals surface area contributed by atoms with Gasteiger partial charge in [0.15, 0.2) is 5.78 Å². The minimum Gasteiger partial charge on any atom is -0.312 e. The van der Waals surface area contributed by atoms with Gasteiger partial charge >= 0.3 is 5.97 Å². The molecule has 0 aromatic heterocycles. The van der Waals surface area contributed by atoms with Gasteiger partial charge in [-0.15, -0.1) is 0 Å². The summed E-state index contributed by atoms with van der Waals surface area (Å²) in [5.41, 5.74) is -1.63. The smallest absolute Gasteiger partial charge is 0.312 e. The number of carbonyl (C=O) groups is 2. The maximum Gasteiger partial charge on any atom is 0.372 e. The number of benzene rings is 1. The van der Waals surface area contributed by atoms with Crippen LogP contribution in [0, 0.1) is 20.2 Å². The molecule has 0 aliphatic heterocycles. The zero-order valence-corrected chi connectivity index (χ0v) is 11.2. The van der Waals surface area contributed by atoms with Gasteiger partial charge in [0.05, 0.1) is 15.9 Å². The Hall–Kier alpha value is -3.69. The molecule has 116 valence electrons. The number of oxime groups is 1. The van der Waals surface area contributed by atoms with E-state index in [0.717, 1.165) is 12.1 Å². The Morgan fingerprint density at radius 1 is 1.04 bits per heavy atom. The van der Waals surface area contributed by atoms with Crippen LogP contribution < -0.4 is 0 Å². The van der Waals surface area contributed by atoms with Crippen molar-refractivity contribution in [2.45, 2.75) is 0 Å². The number of nitro benzene ring substituents is 2. The Morgan fingerprint density at radius 3 is 2.26 bits per heavy atom. The minimum atomic E-state index is -1.15. The first kappa shape index (κ1) is 15.7. The molecule has 1 aromatic rings. The predicted molar refractivity (Wildman–Crippen MR) is 75.9 cm³/mol. The Kier molecular flexibility index (Phi) is 4.36. The van der Waals surface area contributed by atoms with Crippen molar-refractivity contribution < 1.29 is 24.3 Å². The van der Waals surface area contributed by atoms with Crippen molar-refractivity contribution >= 4 is 28.8 Å². The zero-order valence-electron chi connectivity index (χ0n) is 11.2. The van der Waals surface area contributed by atoms with Gasteiger partial charge < -0.3 is 4.84 Å². The van der Waals surface area contributed by atoms with Gasteiger partial charge in [-0.1, -0.05) is 5.16 Å². The van der Waals surface area contributed by atoms with Gasteiger partial charge in [0.25, 0.3) is 11.4 Å². The first-order chi connectivity index (χ1) is 10.9. The Labute approximate surface area is 127 Å². The summed E-state index contributed by atoms with van der Waals surface area (Å²) in [5.74, 6) is -1.42. The summed E-state index contributed by atoms with van der Waals surface area (Å²) in [7, 11) is 0. The van der Waals surface area contributed by atoms with Crippen LogP contribution in [0.4, 0.5) is 11.4 Å². The van der Waals surface area contributed by atoms with Crippen LogP contribution in [0.2, 0.25) is 0 Å². The topological polar surface area (TPSA) is 142 Å². The summed E-state index contributed by atoms with van der Waals surface area (Å²) >= 11 is 0. The Balaban J connectivity index is 2.25. The predicted octanol–water partition coefficient (Wildman–Crippen LogP) is 1.71. The maximum atomic E-state index is 11.8. The summed E-state index contributed by atoms with van der Waals surface area (Å²) in [5, 5.41) is 25.0. The van der Waals surface area contributed by atoms with Crippen molar-refractivity contribution in [2.75, 3.05) is 0 Å². The van der Waals surface area contributed by atoms with E-state index in [1.54, 1.807) is 0 Å². The number of nitrogens with zero attached hydrogens (tertiary/aromatic N) is 3. The van der Waals surface area contributed by atoms with E-state index in [1.165, 1.54) is 24.3 Å². The number of carbonyl (C=O) groups excluding carboxylic acids is 2. The van der Waals surface area contributed by atoms with Crippen LogP contribution in [0.3, 0.4) is 0 Å². The van der Waals surface area contributed by atoms with Crippen molar-refractivity contribution in [2.24, 2.45) is 5.16 Å². The second kappa shape index (κ2) is 6.39. The first-order valence-corrected chi connectivity index (χ1v) is 6.01. The van der Waals surface area contributed by atoms with E-state index in [9.17, 15) is 29.8 Å². The monoisotopic (exact) mass is 317 g/mol. The van der Waals surface area contributed by atoms with E-state index in [0.29, 0.717) is 6.07 Å². The van der Waals surface area contributed by atoms with E-state index in [-0.39, 0.29) is 11.5 Å². The third-order valence-electron chi connectivity index (χ3n) is 2.68. The molecule has 1 aromatic carbocycles. The Morgan fingerprint density at radius 2 is 1.70 bits per heavy atom. The van der Waals surface area contributed by atoms with Crippen molar-refractivity contribution in [3.63, 3.8) is 0 Å². The normalized spacial score (nSPS) is 12.9. The zero-order chi connectivity index (χ0) is 17.0. The summed E-state index contributed by atoms with van der Waals surface area (Å²) in [6.45, 7) is 0. The third-order valence-corrected chi connectivity index (χ3v) is 2.68. The molecule has 0 amide bonds. The molecule has 1 aliphatic rings. The fourth-order valence-electron chi connectivity index (χ4n) is 1.61. The fraction of sp³-hybridized carbons (Fsp3) is 0. The van der Waals surface area contributed by atoms with Gasteiger partial charge in [-0.25, -0.2) is 4.79 Å². The molecule has 0 heterocycles. The second-order valence-corrected chi connectivity index (χ2v) is 4.18. The number of allylic oxidation sites excluding steroid dienone is 4. The molecule has 10 heteroatoms. The van der Waals surface area contributed by atoms with Crippen molar-refractivity contribution in [3.05, 3.63) is 68.3 Å². The number of rotatable bonds is 4. The highest BCUT2D eigenvalue weighted by Gasteiger charge is 2.25. The summed E-state index contributed by atoms with van der Waals surface area (Å²) in [6.07, 6.45) is 4.97. The van der Waals surface area contributed by atoms with Gasteiger partial charge in [0.2, 0.25) is 0 Å². The molecular formula is C13H7N3O7. The van der Waals surface area contributed by atoms with Crippen LogP contribution in [0.25, 0.3) is 0 Å². The summed E-state index contributed by atoms with van der Waals surface area (Å²) in [4.78, 5) is 47.1. The minimum absolute atomic E-state index is 0.155. The lowest BCUT2D eigenvalue weighted by molar-refractivity contribution is -0.394. The molecule has 0 unspecified atom stereocenters. The molecule has 0 radical (unpaired) electrons. The molecule has 1 aliphatic carbocycles. The van der Waals surface area contributed by atoms with Crippen LogP contribution in [-0.2, 0) is 9.63 Å². The molecule has 0 spiro atoms. The van der Waals surface area contributed by atoms with Crippen LogP contribution in [0.5, 0.6) is 0 Å². The molecule has 23 heavy (non-hydrogen) atoms. The molecule has 0 saturated carbocycles. The summed E-state index contributed by atoms with van der Waals surface area (Å²) in [6, 6.07) is 2.51. The van der Waals surface area contributed by atoms with Crippen LogP contribution in [0.1, 0.15) is 10.4 Å². The molecule has 2 rings (SSSR count). The van der Waals surface area contributed by atoms with Crippen LogP contribution in [-0.4, -0.2) is 27.3 Å². The average Bonchev–Trinajstić information content (AvgIpc) is 2.53. The largest absolute Gasteiger partial charge is 0.372 e. The third kappa shape index (κ3) is 3.69. The standard InChI is InChI=1S/C13H7N3O7/c17-10-4-1-8(2-5-10)14-23-13(18)11-6-3-9(15(19)20)7-12(11)16(21)22/h1-7H. The van der Waals surface area contributed by atoms with E-state index in [4.69, 9.17) is 0 Å². The van der Waals surface area contributed by atoms with Crippen LogP contribution in [0.15, 0.2) is 47.7 Å². The molecule has 0 bridgehead atoms. The fourth-order valence-corrected chi connectivity index (χ4v) is 1.61. The van der Waals surface area contributed by atoms with Gasteiger partial charge in [-0.05, 0) is 30.4 Å². The quantitative estimate of drug-likeness (QED) is 0.356. The van der Waals surface area contributed by atoms with Gasteiger partial charge in [0, 0.05) is 6.07 Å². The van der Waals surface area contributed by atoms with Gasteiger partial charge in [-0.2, -0.15) is 0 Å². The lowest BCUT2D eigenvalue weighted by atomic mass is 10.1. The number of hydrogen-bond donors (Lipinski definition) is 0. The molecular weight excluding hydrogens is 310 g/mol. The van der Waals surface area contributed by atoms with Crippen molar-refractivity contribution in [1.29, 1.82) is 0 Å². The average molecular weight is 317 g/mol.